The Morgan fingerprint density at radius 2 is 1.67 bits per heavy atom. The Morgan fingerprint density at radius 1 is 1.22 bits per heavy atom. The second kappa shape index (κ2) is 1.34. The highest BCUT2D eigenvalue weighted by atomic mass is 14.8. The van der Waals surface area contributed by atoms with Crippen LogP contribution < -0.4 is 5.73 Å². The molecule has 0 aromatic rings. The molecule has 0 amide bonds. The van der Waals surface area contributed by atoms with E-state index in [2.05, 4.69) is 13.8 Å². The van der Waals surface area contributed by atoms with E-state index in [1.54, 1.807) is 0 Å². The van der Waals surface area contributed by atoms with Crippen molar-refractivity contribution in [2.45, 2.75) is 32.7 Å². The van der Waals surface area contributed by atoms with Gasteiger partial charge in [0.15, 0.2) is 0 Å². The van der Waals surface area contributed by atoms with Gasteiger partial charge in [0.1, 0.15) is 0 Å². The number of nitrogens with two attached hydrogens (primary N) is 1. The molecule has 0 aromatic heterocycles. The summed E-state index contributed by atoms with van der Waals surface area (Å²) in [5.41, 5.74) is 6.44. The van der Waals surface area contributed by atoms with Gasteiger partial charge in [-0.1, -0.05) is 13.8 Å². The molecule has 2 aliphatic carbocycles. The molecule has 2 N–H and O–H groups in total. The van der Waals surface area contributed by atoms with Crippen molar-refractivity contribution < 1.29 is 0 Å². The van der Waals surface area contributed by atoms with Crippen molar-refractivity contribution in [2.24, 2.45) is 23.0 Å². The van der Waals surface area contributed by atoms with Gasteiger partial charge in [0, 0.05) is 6.04 Å². The monoisotopic (exact) mass is 125 g/mol. The second-order valence-corrected chi connectivity index (χ2v) is 4.27. The minimum absolute atomic E-state index is 0.535. The van der Waals surface area contributed by atoms with Crippen molar-refractivity contribution in [3.05, 3.63) is 0 Å². The third kappa shape index (κ3) is 0.586. The van der Waals surface area contributed by atoms with Gasteiger partial charge in [-0.3, -0.25) is 0 Å². The zero-order valence-electron chi connectivity index (χ0n) is 6.22. The van der Waals surface area contributed by atoms with Crippen LogP contribution in [0.5, 0.6) is 0 Å². The molecule has 0 saturated heterocycles. The van der Waals surface area contributed by atoms with Crippen LogP contribution in [0.25, 0.3) is 0 Å². The van der Waals surface area contributed by atoms with E-state index in [0.717, 1.165) is 11.8 Å². The van der Waals surface area contributed by atoms with Gasteiger partial charge in [0.25, 0.3) is 0 Å². The van der Waals surface area contributed by atoms with Gasteiger partial charge in [0.05, 0.1) is 0 Å². The van der Waals surface area contributed by atoms with Crippen molar-refractivity contribution >= 4 is 0 Å². The van der Waals surface area contributed by atoms with Crippen LogP contribution in [-0.4, -0.2) is 6.04 Å². The lowest BCUT2D eigenvalue weighted by Crippen LogP contribution is -2.19. The Bertz CT molecular complexity index is 126. The highest BCUT2D eigenvalue weighted by Crippen LogP contribution is 2.66. The van der Waals surface area contributed by atoms with Crippen LogP contribution in [0.2, 0.25) is 0 Å². The fourth-order valence-electron chi connectivity index (χ4n) is 2.54. The molecule has 0 aliphatic heterocycles. The average molecular weight is 125 g/mol. The summed E-state index contributed by atoms with van der Waals surface area (Å²) in [5, 5.41) is 0. The Hall–Kier alpha value is -0.0400. The Balaban J connectivity index is 2.06. The molecule has 0 heterocycles. The van der Waals surface area contributed by atoms with Crippen LogP contribution in [0.4, 0.5) is 0 Å². The van der Waals surface area contributed by atoms with Gasteiger partial charge >= 0.3 is 0 Å². The molecule has 1 unspecified atom stereocenters. The van der Waals surface area contributed by atoms with Gasteiger partial charge in [-0.25, -0.2) is 0 Å². The maximum Gasteiger partial charge on any atom is 0.00447 e. The van der Waals surface area contributed by atoms with E-state index >= 15 is 0 Å². The molecule has 52 valence electrons. The van der Waals surface area contributed by atoms with E-state index in [1.165, 1.54) is 12.8 Å². The number of hydrogen-bond donors (Lipinski definition) is 1. The molecule has 2 saturated carbocycles. The molecule has 0 aromatic carbocycles. The summed E-state index contributed by atoms with van der Waals surface area (Å²) in [6.07, 6.45) is 2.58. The first-order chi connectivity index (χ1) is 4.12. The predicted molar refractivity (Wildman–Crippen MR) is 38.0 cm³/mol. The SMILES string of the molecule is CC1(C)[C@@H]2CC(N)C[C@@H]21. The van der Waals surface area contributed by atoms with E-state index in [9.17, 15) is 0 Å². The fraction of sp³-hybridized carbons (Fsp3) is 1.00. The van der Waals surface area contributed by atoms with Gasteiger partial charge in [-0.05, 0) is 30.1 Å². The maximum atomic E-state index is 5.78. The van der Waals surface area contributed by atoms with E-state index < -0.39 is 0 Å². The van der Waals surface area contributed by atoms with Gasteiger partial charge < -0.3 is 5.73 Å². The van der Waals surface area contributed by atoms with Crippen molar-refractivity contribution in [1.82, 2.24) is 0 Å². The Labute approximate surface area is 56.6 Å². The zero-order valence-corrected chi connectivity index (χ0v) is 6.22. The van der Waals surface area contributed by atoms with Crippen molar-refractivity contribution in [3.8, 4) is 0 Å². The molecule has 9 heavy (non-hydrogen) atoms. The minimum atomic E-state index is 0.535. The van der Waals surface area contributed by atoms with Crippen LogP contribution in [-0.2, 0) is 0 Å². The van der Waals surface area contributed by atoms with Crippen LogP contribution in [0.15, 0.2) is 0 Å². The van der Waals surface area contributed by atoms with Crippen LogP contribution >= 0.6 is 0 Å². The maximum absolute atomic E-state index is 5.78. The molecule has 0 spiro atoms. The average Bonchev–Trinajstić information content (AvgIpc) is 2.27. The third-order valence-electron chi connectivity index (χ3n) is 3.40. The molecular weight excluding hydrogens is 110 g/mol. The number of rotatable bonds is 0. The number of fused-ring (bicyclic) bond motifs is 1. The molecule has 0 bridgehead atoms. The normalized spacial score (nSPS) is 53.0. The van der Waals surface area contributed by atoms with Crippen LogP contribution in [0, 0.1) is 17.3 Å². The van der Waals surface area contributed by atoms with Crippen molar-refractivity contribution in [2.75, 3.05) is 0 Å². The lowest BCUT2D eigenvalue weighted by atomic mass is 9.98. The summed E-state index contributed by atoms with van der Waals surface area (Å²) in [6.45, 7) is 4.74. The van der Waals surface area contributed by atoms with Crippen LogP contribution in [0.3, 0.4) is 0 Å². The highest BCUT2D eigenvalue weighted by Gasteiger charge is 2.61. The van der Waals surface area contributed by atoms with Gasteiger partial charge in [0.2, 0.25) is 0 Å². The minimum Gasteiger partial charge on any atom is -0.328 e. The first kappa shape index (κ1) is 5.72. The topological polar surface area (TPSA) is 26.0 Å². The van der Waals surface area contributed by atoms with Gasteiger partial charge in [-0.2, -0.15) is 0 Å². The molecule has 3 atom stereocenters. The first-order valence-corrected chi connectivity index (χ1v) is 3.88. The standard InChI is InChI=1S/C8H15N/c1-8(2)6-3-5(9)4-7(6)8/h5-7H,3-4,9H2,1-2H3/t5?,6-,7+. The summed E-state index contributed by atoms with van der Waals surface area (Å²) in [4.78, 5) is 0. The van der Waals surface area contributed by atoms with E-state index in [4.69, 9.17) is 5.73 Å². The fourth-order valence-corrected chi connectivity index (χ4v) is 2.54. The zero-order chi connectivity index (χ0) is 6.65. The third-order valence-corrected chi connectivity index (χ3v) is 3.40. The molecule has 2 fully saturated rings. The largest absolute Gasteiger partial charge is 0.328 e. The smallest absolute Gasteiger partial charge is 0.00447 e. The van der Waals surface area contributed by atoms with E-state index in [0.29, 0.717) is 11.5 Å². The van der Waals surface area contributed by atoms with Crippen molar-refractivity contribution in [1.29, 1.82) is 0 Å². The second-order valence-electron chi connectivity index (χ2n) is 4.27. The summed E-state index contributed by atoms with van der Waals surface area (Å²) in [7, 11) is 0. The van der Waals surface area contributed by atoms with Crippen LogP contribution in [0.1, 0.15) is 26.7 Å². The summed E-state index contributed by atoms with van der Waals surface area (Å²) < 4.78 is 0. The van der Waals surface area contributed by atoms with Gasteiger partial charge in [-0.15, -0.1) is 0 Å². The Morgan fingerprint density at radius 3 is 2.00 bits per heavy atom. The Kier molecular flexibility index (Phi) is 0.852. The summed E-state index contributed by atoms with van der Waals surface area (Å²) in [6, 6.07) is 0.535. The molecule has 0 radical (unpaired) electrons. The molecule has 1 nitrogen and oxygen atoms in total. The summed E-state index contributed by atoms with van der Waals surface area (Å²) >= 11 is 0. The first-order valence-electron chi connectivity index (χ1n) is 3.88. The van der Waals surface area contributed by atoms with E-state index in [-0.39, 0.29) is 0 Å². The molecule has 2 aliphatic rings. The lowest BCUT2D eigenvalue weighted by molar-refractivity contribution is 0.432. The summed E-state index contributed by atoms with van der Waals surface area (Å²) in [5.74, 6) is 1.96. The number of hydrogen-bond acceptors (Lipinski definition) is 1. The molecular formula is C8H15N. The highest BCUT2D eigenvalue weighted by molar-refractivity contribution is 5.11. The molecule has 2 rings (SSSR count). The molecule has 1 heteroatoms. The van der Waals surface area contributed by atoms with Crippen molar-refractivity contribution in [3.63, 3.8) is 0 Å². The van der Waals surface area contributed by atoms with E-state index in [1.807, 2.05) is 0 Å². The lowest BCUT2D eigenvalue weighted by Gasteiger charge is -2.11. The quantitative estimate of drug-likeness (QED) is 0.520. The predicted octanol–water partition coefficient (Wildman–Crippen LogP) is 1.38.